The standard InChI is InChI=1S/C21H28N4O4/c26-18(21(29)24-15-5-6-15)16(10-13-7-8-22-19(13)27)25-20(28)17-9-12-3-1-2-4-14(12)11-23-17/h1-4,13,15-18,23,26H,5-11H2,(H,22,27)(H,24,29)(H,25,28)/t13-,16-,17-,18?/m0/s1. The van der Waals surface area contributed by atoms with Gasteiger partial charge in [-0.25, -0.2) is 0 Å². The van der Waals surface area contributed by atoms with Crippen LogP contribution in [-0.4, -0.2) is 53.6 Å². The van der Waals surface area contributed by atoms with Crippen LogP contribution in [-0.2, 0) is 27.3 Å². The van der Waals surface area contributed by atoms with E-state index in [4.69, 9.17) is 0 Å². The Morgan fingerprint density at radius 1 is 1.17 bits per heavy atom. The van der Waals surface area contributed by atoms with Crippen molar-refractivity contribution in [3.63, 3.8) is 0 Å². The lowest BCUT2D eigenvalue weighted by atomic mass is 9.92. The molecule has 1 saturated carbocycles. The molecule has 8 nitrogen and oxygen atoms in total. The van der Waals surface area contributed by atoms with E-state index in [0.717, 1.165) is 18.4 Å². The first kappa shape index (κ1) is 19.8. The lowest BCUT2D eigenvalue weighted by molar-refractivity contribution is -0.134. The Labute approximate surface area is 169 Å². The van der Waals surface area contributed by atoms with Crippen LogP contribution in [0.3, 0.4) is 0 Å². The van der Waals surface area contributed by atoms with Gasteiger partial charge in [0.1, 0.15) is 0 Å². The fourth-order valence-corrected chi connectivity index (χ4v) is 4.06. The SMILES string of the molecule is O=C(NC1CC1)C(O)[C@H](C[C@@H]1CCNC1=O)NC(=O)[C@@H]1Cc2ccccc2CN1. The van der Waals surface area contributed by atoms with E-state index in [1.54, 1.807) is 0 Å². The maximum atomic E-state index is 12.9. The molecule has 2 heterocycles. The Hall–Kier alpha value is -2.45. The van der Waals surface area contributed by atoms with E-state index < -0.39 is 24.1 Å². The van der Waals surface area contributed by atoms with Crippen molar-refractivity contribution < 1.29 is 19.5 Å². The van der Waals surface area contributed by atoms with Gasteiger partial charge in [-0.15, -0.1) is 0 Å². The lowest BCUT2D eigenvalue weighted by Gasteiger charge is -2.30. The van der Waals surface area contributed by atoms with Crippen LogP contribution in [0.5, 0.6) is 0 Å². The van der Waals surface area contributed by atoms with Gasteiger partial charge in [0, 0.05) is 25.0 Å². The monoisotopic (exact) mass is 400 g/mol. The summed E-state index contributed by atoms with van der Waals surface area (Å²) in [6.07, 6.45) is 1.85. The van der Waals surface area contributed by atoms with Crippen molar-refractivity contribution in [1.29, 1.82) is 0 Å². The summed E-state index contributed by atoms with van der Waals surface area (Å²) < 4.78 is 0. The maximum absolute atomic E-state index is 12.9. The number of nitrogens with one attached hydrogen (secondary N) is 4. The van der Waals surface area contributed by atoms with Crippen molar-refractivity contribution in [2.75, 3.05) is 6.54 Å². The molecule has 0 aromatic heterocycles. The van der Waals surface area contributed by atoms with Gasteiger partial charge in [0.15, 0.2) is 6.10 Å². The van der Waals surface area contributed by atoms with Crippen molar-refractivity contribution >= 4 is 17.7 Å². The quantitative estimate of drug-likeness (QED) is 0.417. The lowest BCUT2D eigenvalue weighted by Crippen LogP contribution is -2.56. The van der Waals surface area contributed by atoms with E-state index in [-0.39, 0.29) is 30.2 Å². The van der Waals surface area contributed by atoms with Gasteiger partial charge in [0.05, 0.1) is 12.1 Å². The maximum Gasteiger partial charge on any atom is 0.251 e. The molecule has 1 saturated heterocycles. The van der Waals surface area contributed by atoms with E-state index >= 15 is 0 Å². The van der Waals surface area contributed by atoms with Gasteiger partial charge < -0.3 is 26.4 Å². The first-order valence-electron chi connectivity index (χ1n) is 10.4. The van der Waals surface area contributed by atoms with E-state index in [1.165, 1.54) is 5.56 Å². The predicted octanol–water partition coefficient (Wildman–Crippen LogP) is -0.649. The molecule has 8 heteroatoms. The van der Waals surface area contributed by atoms with Crippen LogP contribution in [0.1, 0.15) is 36.8 Å². The molecule has 4 atom stereocenters. The summed E-state index contributed by atoms with van der Waals surface area (Å²) in [6, 6.07) is 6.82. The van der Waals surface area contributed by atoms with Crippen molar-refractivity contribution in [2.24, 2.45) is 5.92 Å². The number of amides is 3. The smallest absolute Gasteiger partial charge is 0.251 e. The molecular formula is C21H28N4O4. The van der Waals surface area contributed by atoms with Crippen LogP contribution in [0.15, 0.2) is 24.3 Å². The van der Waals surface area contributed by atoms with Crippen molar-refractivity contribution in [3.8, 4) is 0 Å². The molecule has 2 aliphatic heterocycles. The highest BCUT2D eigenvalue weighted by molar-refractivity contribution is 5.86. The molecule has 0 bridgehead atoms. The van der Waals surface area contributed by atoms with E-state index in [0.29, 0.717) is 25.9 Å². The first-order chi connectivity index (χ1) is 14.0. The second-order valence-electron chi connectivity index (χ2n) is 8.26. The molecule has 3 aliphatic rings. The first-order valence-corrected chi connectivity index (χ1v) is 10.4. The van der Waals surface area contributed by atoms with Gasteiger partial charge in [-0.2, -0.15) is 0 Å². The average Bonchev–Trinajstić information content (AvgIpc) is 3.46. The highest BCUT2D eigenvalue weighted by Gasteiger charge is 2.37. The average molecular weight is 400 g/mol. The Bertz CT molecular complexity index is 795. The van der Waals surface area contributed by atoms with Gasteiger partial charge in [0.25, 0.3) is 5.91 Å². The molecule has 1 aromatic rings. The molecule has 156 valence electrons. The third-order valence-corrected chi connectivity index (χ3v) is 6.00. The molecule has 3 amide bonds. The molecule has 5 N–H and O–H groups in total. The van der Waals surface area contributed by atoms with Crippen molar-refractivity contribution in [1.82, 2.24) is 21.3 Å². The van der Waals surface area contributed by atoms with Gasteiger partial charge >= 0.3 is 0 Å². The van der Waals surface area contributed by atoms with Crippen LogP contribution >= 0.6 is 0 Å². The third-order valence-electron chi connectivity index (χ3n) is 6.00. The zero-order valence-electron chi connectivity index (χ0n) is 16.3. The normalized spacial score (nSPS) is 25.5. The molecule has 29 heavy (non-hydrogen) atoms. The molecule has 4 rings (SSSR count). The number of hydrogen-bond acceptors (Lipinski definition) is 5. The topological polar surface area (TPSA) is 120 Å². The Kier molecular flexibility index (Phi) is 5.82. The van der Waals surface area contributed by atoms with E-state index in [1.807, 2.05) is 24.3 Å². The third kappa shape index (κ3) is 4.76. The molecule has 1 unspecified atom stereocenters. The highest BCUT2D eigenvalue weighted by Crippen LogP contribution is 2.22. The summed E-state index contributed by atoms with van der Waals surface area (Å²) in [6.45, 7) is 1.17. The summed E-state index contributed by atoms with van der Waals surface area (Å²) in [5.41, 5.74) is 2.28. The van der Waals surface area contributed by atoms with Crippen LogP contribution in [0.25, 0.3) is 0 Å². The second kappa shape index (κ2) is 8.51. The highest BCUT2D eigenvalue weighted by atomic mass is 16.3. The summed E-state index contributed by atoms with van der Waals surface area (Å²) in [5, 5.41) is 22.2. The summed E-state index contributed by atoms with van der Waals surface area (Å²) >= 11 is 0. The second-order valence-corrected chi connectivity index (χ2v) is 8.26. The van der Waals surface area contributed by atoms with Gasteiger partial charge in [0.2, 0.25) is 11.8 Å². The number of fused-ring (bicyclic) bond motifs is 1. The van der Waals surface area contributed by atoms with E-state index in [9.17, 15) is 19.5 Å². The molecule has 1 aromatic carbocycles. The fourth-order valence-electron chi connectivity index (χ4n) is 4.06. The van der Waals surface area contributed by atoms with Crippen molar-refractivity contribution in [2.45, 2.75) is 62.9 Å². The summed E-state index contributed by atoms with van der Waals surface area (Å²) in [4.78, 5) is 37.3. The van der Waals surface area contributed by atoms with Gasteiger partial charge in [-0.05, 0) is 43.2 Å². The van der Waals surface area contributed by atoms with Crippen LogP contribution in [0, 0.1) is 5.92 Å². The minimum atomic E-state index is -1.39. The number of carbonyl (C=O) groups is 3. The number of benzene rings is 1. The molecule has 0 spiro atoms. The van der Waals surface area contributed by atoms with Crippen LogP contribution in [0.4, 0.5) is 0 Å². The number of hydrogen-bond donors (Lipinski definition) is 5. The Morgan fingerprint density at radius 2 is 1.93 bits per heavy atom. The molecule has 2 fully saturated rings. The zero-order valence-corrected chi connectivity index (χ0v) is 16.3. The van der Waals surface area contributed by atoms with Crippen LogP contribution < -0.4 is 21.3 Å². The fraction of sp³-hybridized carbons (Fsp3) is 0.571. The number of rotatable bonds is 7. The number of aliphatic hydroxyl groups excluding tert-OH is 1. The van der Waals surface area contributed by atoms with Crippen molar-refractivity contribution in [3.05, 3.63) is 35.4 Å². The predicted molar refractivity (Wildman–Crippen MR) is 106 cm³/mol. The molecule has 1 aliphatic carbocycles. The minimum Gasteiger partial charge on any atom is -0.381 e. The molecular weight excluding hydrogens is 372 g/mol. The Balaban J connectivity index is 1.43. The van der Waals surface area contributed by atoms with Crippen LogP contribution in [0.2, 0.25) is 0 Å². The van der Waals surface area contributed by atoms with E-state index in [2.05, 4.69) is 21.3 Å². The summed E-state index contributed by atoms with van der Waals surface area (Å²) in [5.74, 6) is -1.16. The minimum absolute atomic E-state index is 0.0937. The van der Waals surface area contributed by atoms with Gasteiger partial charge in [-0.1, -0.05) is 24.3 Å². The zero-order chi connectivity index (χ0) is 20.4. The Morgan fingerprint density at radius 3 is 2.62 bits per heavy atom. The number of carbonyl (C=O) groups excluding carboxylic acids is 3. The largest absolute Gasteiger partial charge is 0.381 e. The summed E-state index contributed by atoms with van der Waals surface area (Å²) in [7, 11) is 0. The molecule has 0 radical (unpaired) electrons. The number of aliphatic hydroxyl groups is 1. The van der Waals surface area contributed by atoms with Gasteiger partial charge in [-0.3, -0.25) is 14.4 Å².